The van der Waals surface area contributed by atoms with Gasteiger partial charge in [-0.25, -0.2) is 12.7 Å². The number of rotatable bonds is 5. The number of halogens is 1. The fourth-order valence-electron chi connectivity index (χ4n) is 2.84. The highest BCUT2D eigenvalue weighted by molar-refractivity contribution is 7.88. The molecule has 0 bridgehead atoms. The Labute approximate surface area is 156 Å². The highest BCUT2D eigenvalue weighted by Crippen LogP contribution is 2.25. The normalized spacial score (nSPS) is 18.6. The summed E-state index contributed by atoms with van der Waals surface area (Å²) < 4.78 is 29.8. The van der Waals surface area contributed by atoms with Crippen molar-refractivity contribution in [2.45, 2.75) is 19.4 Å². The lowest BCUT2D eigenvalue weighted by Crippen LogP contribution is -2.44. The largest absolute Gasteiger partial charge is 0.347 e. The number of sulfonamides is 1. The third-order valence-electron chi connectivity index (χ3n) is 4.22. The maximum Gasteiger partial charge on any atom is 0.246 e. The lowest BCUT2D eigenvalue weighted by molar-refractivity contribution is -0.126. The van der Waals surface area contributed by atoms with Gasteiger partial charge in [0.2, 0.25) is 27.6 Å². The number of carbonyl (C=O) groups excluding carboxylic acids is 1. The Morgan fingerprint density at radius 1 is 1.42 bits per heavy atom. The zero-order chi connectivity index (χ0) is 18.7. The fourth-order valence-corrected chi connectivity index (χ4v) is 3.98. The topological polar surface area (TPSA) is 105 Å². The molecule has 0 radical (unpaired) electrons. The van der Waals surface area contributed by atoms with Crippen LogP contribution in [0.1, 0.15) is 18.7 Å². The highest BCUT2D eigenvalue weighted by atomic mass is 35.5. The van der Waals surface area contributed by atoms with E-state index in [1.165, 1.54) is 4.31 Å². The molecular formula is C16H19ClN4O4S. The lowest BCUT2D eigenvalue weighted by atomic mass is 9.99. The maximum absolute atomic E-state index is 12.3. The van der Waals surface area contributed by atoms with Gasteiger partial charge in [-0.05, 0) is 25.0 Å². The summed E-state index contributed by atoms with van der Waals surface area (Å²) in [4.78, 5) is 16.6. The van der Waals surface area contributed by atoms with E-state index in [1.807, 2.05) is 6.07 Å². The molecule has 2 aromatic rings. The van der Waals surface area contributed by atoms with Gasteiger partial charge >= 0.3 is 0 Å². The highest BCUT2D eigenvalue weighted by Gasteiger charge is 2.30. The van der Waals surface area contributed by atoms with Gasteiger partial charge in [0.25, 0.3) is 0 Å². The van der Waals surface area contributed by atoms with Crippen molar-refractivity contribution in [2.75, 3.05) is 19.3 Å². The molecular weight excluding hydrogens is 380 g/mol. The molecule has 1 amide bonds. The third-order valence-corrected chi connectivity index (χ3v) is 5.82. The number of carbonyl (C=O) groups is 1. The minimum Gasteiger partial charge on any atom is -0.347 e. The van der Waals surface area contributed by atoms with Crippen LogP contribution in [0.2, 0.25) is 5.02 Å². The van der Waals surface area contributed by atoms with Crippen molar-refractivity contribution in [3.05, 3.63) is 35.2 Å². The summed E-state index contributed by atoms with van der Waals surface area (Å²) in [6.07, 6.45) is 2.46. The second-order valence-corrected chi connectivity index (χ2v) is 8.56. The molecule has 0 aliphatic carbocycles. The molecule has 1 N–H and O–H groups in total. The van der Waals surface area contributed by atoms with Gasteiger partial charge in [-0.15, -0.1) is 0 Å². The first kappa shape index (κ1) is 18.8. The van der Waals surface area contributed by atoms with Gasteiger partial charge in [0, 0.05) is 18.7 Å². The predicted octanol–water partition coefficient (Wildman–Crippen LogP) is 1.68. The van der Waals surface area contributed by atoms with Crippen LogP contribution in [0, 0.1) is 5.92 Å². The number of amides is 1. The van der Waals surface area contributed by atoms with E-state index < -0.39 is 10.0 Å². The van der Waals surface area contributed by atoms with Gasteiger partial charge in [0.1, 0.15) is 0 Å². The number of nitrogens with one attached hydrogen (secondary N) is 1. The quantitative estimate of drug-likeness (QED) is 0.821. The van der Waals surface area contributed by atoms with E-state index in [2.05, 4.69) is 15.5 Å². The first-order valence-electron chi connectivity index (χ1n) is 8.15. The smallest absolute Gasteiger partial charge is 0.246 e. The van der Waals surface area contributed by atoms with Crippen LogP contribution in [-0.4, -0.2) is 48.1 Å². The number of nitrogens with zero attached hydrogens (tertiary/aromatic N) is 3. The molecule has 26 heavy (non-hydrogen) atoms. The molecule has 140 valence electrons. The summed E-state index contributed by atoms with van der Waals surface area (Å²) in [7, 11) is -3.29. The van der Waals surface area contributed by atoms with Gasteiger partial charge < -0.3 is 9.84 Å². The minimum atomic E-state index is -3.29. The molecule has 0 unspecified atom stereocenters. The van der Waals surface area contributed by atoms with Crippen LogP contribution < -0.4 is 5.32 Å². The van der Waals surface area contributed by atoms with E-state index >= 15 is 0 Å². The molecule has 10 heteroatoms. The first-order valence-corrected chi connectivity index (χ1v) is 10.4. The van der Waals surface area contributed by atoms with Crippen molar-refractivity contribution in [3.63, 3.8) is 0 Å². The second kappa shape index (κ2) is 7.73. The van der Waals surface area contributed by atoms with E-state index in [0.29, 0.717) is 35.8 Å². The predicted molar refractivity (Wildman–Crippen MR) is 95.7 cm³/mol. The van der Waals surface area contributed by atoms with Crippen LogP contribution in [0.3, 0.4) is 0 Å². The number of hydrogen-bond acceptors (Lipinski definition) is 6. The zero-order valence-electron chi connectivity index (χ0n) is 14.2. The Morgan fingerprint density at radius 2 is 2.19 bits per heavy atom. The number of piperidine rings is 1. The molecule has 0 spiro atoms. The SMILES string of the molecule is CS(=O)(=O)N1CCC[C@@H](C(=O)NCc2nc(-c3ccccc3Cl)no2)C1. The second-order valence-electron chi connectivity index (χ2n) is 6.17. The lowest BCUT2D eigenvalue weighted by Gasteiger charge is -2.29. The zero-order valence-corrected chi connectivity index (χ0v) is 15.8. The monoisotopic (exact) mass is 398 g/mol. The van der Waals surface area contributed by atoms with Gasteiger partial charge in [-0.1, -0.05) is 28.9 Å². The van der Waals surface area contributed by atoms with Crippen molar-refractivity contribution < 1.29 is 17.7 Å². The molecule has 1 aliphatic rings. The molecule has 1 saturated heterocycles. The van der Waals surface area contributed by atoms with E-state index in [9.17, 15) is 13.2 Å². The molecule has 1 aromatic heterocycles. The van der Waals surface area contributed by atoms with Gasteiger partial charge in [0.15, 0.2) is 0 Å². The van der Waals surface area contributed by atoms with Gasteiger partial charge in [-0.2, -0.15) is 4.98 Å². The standard InChI is InChI=1S/C16H19ClN4O4S/c1-26(23,24)21-8-4-5-11(10-21)16(22)18-9-14-19-15(20-25-14)12-6-2-3-7-13(12)17/h2-3,6-7,11H,4-5,8-10H2,1H3,(H,18,22)/t11-/m1/s1. The summed E-state index contributed by atoms with van der Waals surface area (Å²) in [5, 5.41) is 7.11. The Kier molecular flexibility index (Phi) is 5.59. The summed E-state index contributed by atoms with van der Waals surface area (Å²) in [5.41, 5.74) is 0.645. The van der Waals surface area contributed by atoms with Crippen LogP contribution in [0.5, 0.6) is 0 Å². The molecule has 1 aromatic carbocycles. The van der Waals surface area contributed by atoms with E-state index in [-0.39, 0.29) is 30.8 Å². The van der Waals surface area contributed by atoms with Crippen molar-refractivity contribution in [3.8, 4) is 11.4 Å². The van der Waals surface area contributed by atoms with E-state index in [4.69, 9.17) is 16.1 Å². The molecule has 2 heterocycles. The maximum atomic E-state index is 12.3. The Morgan fingerprint density at radius 3 is 2.92 bits per heavy atom. The average molecular weight is 399 g/mol. The number of aromatic nitrogens is 2. The summed E-state index contributed by atoms with van der Waals surface area (Å²) in [6.45, 7) is 0.721. The van der Waals surface area contributed by atoms with E-state index in [0.717, 1.165) is 6.26 Å². The van der Waals surface area contributed by atoms with Crippen LogP contribution in [0.4, 0.5) is 0 Å². The van der Waals surface area contributed by atoms with Crippen molar-refractivity contribution >= 4 is 27.5 Å². The molecule has 3 rings (SSSR count). The van der Waals surface area contributed by atoms with E-state index in [1.54, 1.807) is 18.2 Å². The molecule has 1 fully saturated rings. The number of hydrogen-bond donors (Lipinski definition) is 1. The number of benzene rings is 1. The van der Waals surface area contributed by atoms with Crippen molar-refractivity contribution in [1.82, 2.24) is 19.8 Å². The molecule has 1 atom stereocenters. The average Bonchev–Trinajstić information content (AvgIpc) is 3.08. The molecule has 1 aliphatic heterocycles. The summed E-state index contributed by atoms with van der Waals surface area (Å²) >= 11 is 6.10. The van der Waals surface area contributed by atoms with Gasteiger partial charge in [-0.3, -0.25) is 4.79 Å². The van der Waals surface area contributed by atoms with Crippen LogP contribution in [0.15, 0.2) is 28.8 Å². The van der Waals surface area contributed by atoms with Crippen LogP contribution >= 0.6 is 11.6 Å². The van der Waals surface area contributed by atoms with Crippen LogP contribution in [0.25, 0.3) is 11.4 Å². The Hall–Kier alpha value is -1.97. The fraction of sp³-hybridized carbons (Fsp3) is 0.438. The van der Waals surface area contributed by atoms with Crippen molar-refractivity contribution in [1.29, 1.82) is 0 Å². The minimum absolute atomic E-state index is 0.0751. The van der Waals surface area contributed by atoms with Gasteiger partial charge in [0.05, 0.1) is 23.7 Å². The Bertz CT molecular complexity index is 899. The van der Waals surface area contributed by atoms with Crippen LogP contribution in [-0.2, 0) is 21.4 Å². The van der Waals surface area contributed by atoms with Crippen molar-refractivity contribution in [2.24, 2.45) is 5.92 Å². The third kappa shape index (κ3) is 4.40. The molecule has 8 nitrogen and oxygen atoms in total. The summed E-state index contributed by atoms with van der Waals surface area (Å²) in [6, 6.07) is 7.12. The summed E-state index contributed by atoms with van der Waals surface area (Å²) in [5.74, 6) is -0.00917. The Balaban J connectivity index is 1.59. The molecule has 0 saturated carbocycles. The first-order chi connectivity index (χ1) is 12.3.